The molecule has 3 nitrogen and oxygen atoms in total. The highest BCUT2D eigenvalue weighted by atomic mass is 16.1. The third-order valence-corrected chi connectivity index (χ3v) is 4.61. The van der Waals surface area contributed by atoms with Crippen molar-refractivity contribution in [1.29, 1.82) is 0 Å². The lowest BCUT2D eigenvalue weighted by atomic mass is 10.1. The monoisotopic (exact) mass is 322 g/mol. The molecule has 1 N–H and O–H groups in total. The average molecular weight is 322 g/mol. The van der Waals surface area contributed by atoms with Gasteiger partial charge in [-0.15, -0.1) is 0 Å². The molecular weight excluding hydrogens is 296 g/mol. The molecule has 1 fully saturated rings. The number of hydrogen-bond acceptors (Lipinski definition) is 2. The molecule has 0 aliphatic carbocycles. The van der Waals surface area contributed by atoms with Crippen molar-refractivity contribution in [2.75, 3.05) is 19.6 Å². The Morgan fingerprint density at radius 3 is 2.29 bits per heavy atom. The minimum Gasteiger partial charge on any atom is -0.352 e. The molecule has 0 aromatic heterocycles. The first-order chi connectivity index (χ1) is 11.8. The zero-order chi connectivity index (χ0) is 16.6. The van der Waals surface area contributed by atoms with Crippen molar-refractivity contribution in [3.05, 3.63) is 71.3 Å². The van der Waals surface area contributed by atoms with Crippen LogP contribution in [0.2, 0.25) is 0 Å². The molecule has 0 atom stereocenters. The van der Waals surface area contributed by atoms with Gasteiger partial charge < -0.3 is 5.32 Å². The number of carbonyl (C=O) groups is 1. The summed E-state index contributed by atoms with van der Waals surface area (Å²) in [7, 11) is 0. The molecule has 1 aliphatic rings. The number of piperidine rings is 1. The van der Waals surface area contributed by atoms with Gasteiger partial charge in [-0.2, -0.15) is 0 Å². The normalized spacial score (nSPS) is 15.2. The van der Waals surface area contributed by atoms with Crippen molar-refractivity contribution in [3.8, 4) is 0 Å². The Balaban J connectivity index is 1.46. The van der Waals surface area contributed by atoms with Crippen LogP contribution in [0.3, 0.4) is 0 Å². The Bertz CT molecular complexity index is 631. The highest BCUT2D eigenvalue weighted by Gasteiger charge is 2.11. The summed E-state index contributed by atoms with van der Waals surface area (Å²) in [5.74, 6) is 0.00968. The van der Waals surface area contributed by atoms with Crippen LogP contribution in [0.5, 0.6) is 0 Å². The third-order valence-electron chi connectivity index (χ3n) is 4.61. The number of benzene rings is 2. The van der Waals surface area contributed by atoms with Crippen molar-refractivity contribution >= 4 is 5.91 Å². The van der Waals surface area contributed by atoms with E-state index in [1.54, 1.807) is 0 Å². The van der Waals surface area contributed by atoms with Gasteiger partial charge >= 0.3 is 0 Å². The van der Waals surface area contributed by atoms with Gasteiger partial charge in [-0.25, -0.2) is 0 Å². The summed E-state index contributed by atoms with van der Waals surface area (Å²) in [6, 6.07) is 18.3. The molecule has 0 saturated carbocycles. The van der Waals surface area contributed by atoms with E-state index in [1.165, 1.54) is 43.5 Å². The standard InChI is InChI=1S/C21H26N2O/c24-21(22-14-13-18-7-3-1-4-8-18)20-11-9-19(10-12-20)17-23-15-5-2-6-16-23/h1,3-4,7-12H,2,5-6,13-17H2,(H,22,24). The van der Waals surface area contributed by atoms with Gasteiger partial charge in [0.2, 0.25) is 0 Å². The van der Waals surface area contributed by atoms with E-state index < -0.39 is 0 Å². The number of nitrogens with one attached hydrogen (secondary N) is 1. The van der Waals surface area contributed by atoms with Gasteiger partial charge in [0.25, 0.3) is 5.91 Å². The van der Waals surface area contributed by atoms with E-state index in [-0.39, 0.29) is 5.91 Å². The van der Waals surface area contributed by atoms with Gasteiger partial charge in [0.15, 0.2) is 0 Å². The summed E-state index contributed by atoms with van der Waals surface area (Å²) < 4.78 is 0. The van der Waals surface area contributed by atoms with E-state index in [2.05, 4.69) is 34.5 Å². The topological polar surface area (TPSA) is 32.3 Å². The highest BCUT2D eigenvalue weighted by molar-refractivity contribution is 5.94. The molecule has 0 unspecified atom stereocenters. The van der Waals surface area contributed by atoms with Crippen LogP contribution in [-0.2, 0) is 13.0 Å². The van der Waals surface area contributed by atoms with Gasteiger partial charge in [-0.05, 0) is 55.6 Å². The summed E-state index contributed by atoms with van der Waals surface area (Å²) in [6.07, 6.45) is 4.84. The predicted molar refractivity (Wildman–Crippen MR) is 98.0 cm³/mol. The van der Waals surface area contributed by atoms with Gasteiger partial charge in [0.05, 0.1) is 0 Å². The Morgan fingerprint density at radius 2 is 1.58 bits per heavy atom. The van der Waals surface area contributed by atoms with E-state index in [0.29, 0.717) is 6.54 Å². The smallest absolute Gasteiger partial charge is 0.251 e. The minimum absolute atomic E-state index is 0.00968. The number of amides is 1. The SMILES string of the molecule is O=C(NCCc1ccccc1)c1ccc(CN2CCCCC2)cc1. The summed E-state index contributed by atoms with van der Waals surface area (Å²) in [6.45, 7) is 4.05. The number of hydrogen-bond donors (Lipinski definition) is 1. The number of nitrogens with zero attached hydrogens (tertiary/aromatic N) is 1. The number of rotatable bonds is 6. The van der Waals surface area contributed by atoms with Crippen LogP contribution < -0.4 is 5.32 Å². The molecule has 24 heavy (non-hydrogen) atoms. The lowest BCUT2D eigenvalue weighted by Gasteiger charge is -2.26. The van der Waals surface area contributed by atoms with Gasteiger partial charge in [0, 0.05) is 18.7 Å². The van der Waals surface area contributed by atoms with E-state index in [0.717, 1.165) is 18.5 Å². The van der Waals surface area contributed by atoms with Crippen LogP contribution in [0.25, 0.3) is 0 Å². The second-order valence-corrected chi connectivity index (χ2v) is 6.53. The van der Waals surface area contributed by atoms with Crippen molar-refractivity contribution in [3.63, 3.8) is 0 Å². The van der Waals surface area contributed by atoms with Crippen LogP contribution >= 0.6 is 0 Å². The van der Waals surface area contributed by atoms with Crippen molar-refractivity contribution in [2.24, 2.45) is 0 Å². The molecule has 1 aliphatic heterocycles. The van der Waals surface area contributed by atoms with Gasteiger partial charge in [-0.3, -0.25) is 9.69 Å². The molecule has 0 spiro atoms. The molecule has 0 bridgehead atoms. The summed E-state index contributed by atoms with van der Waals surface area (Å²) in [4.78, 5) is 14.7. The molecule has 1 amide bonds. The molecule has 3 heteroatoms. The average Bonchev–Trinajstić information content (AvgIpc) is 2.64. The maximum Gasteiger partial charge on any atom is 0.251 e. The Kier molecular flexibility index (Phi) is 6.02. The maximum atomic E-state index is 12.2. The maximum absolute atomic E-state index is 12.2. The second-order valence-electron chi connectivity index (χ2n) is 6.53. The van der Waals surface area contributed by atoms with Crippen molar-refractivity contribution in [2.45, 2.75) is 32.2 Å². The van der Waals surface area contributed by atoms with Crippen molar-refractivity contribution < 1.29 is 4.79 Å². The largest absolute Gasteiger partial charge is 0.352 e. The molecular formula is C21H26N2O. The predicted octanol–water partition coefficient (Wildman–Crippen LogP) is 3.65. The second kappa shape index (κ2) is 8.65. The Labute approximate surface area is 144 Å². The lowest BCUT2D eigenvalue weighted by Crippen LogP contribution is -2.29. The first-order valence-corrected chi connectivity index (χ1v) is 8.95. The summed E-state index contributed by atoms with van der Waals surface area (Å²) in [5.41, 5.74) is 3.28. The van der Waals surface area contributed by atoms with Crippen LogP contribution in [0.1, 0.15) is 40.7 Å². The zero-order valence-corrected chi connectivity index (χ0v) is 14.2. The molecule has 0 radical (unpaired) electrons. The highest BCUT2D eigenvalue weighted by Crippen LogP contribution is 2.13. The first kappa shape index (κ1) is 16.7. The zero-order valence-electron chi connectivity index (χ0n) is 14.2. The van der Waals surface area contributed by atoms with Gasteiger partial charge in [-0.1, -0.05) is 48.9 Å². The van der Waals surface area contributed by atoms with E-state index in [4.69, 9.17) is 0 Å². The summed E-state index contributed by atoms with van der Waals surface area (Å²) >= 11 is 0. The molecule has 1 heterocycles. The van der Waals surface area contributed by atoms with Crippen molar-refractivity contribution in [1.82, 2.24) is 10.2 Å². The quantitative estimate of drug-likeness (QED) is 0.880. The van der Waals surface area contributed by atoms with Crippen LogP contribution in [0.15, 0.2) is 54.6 Å². The number of carbonyl (C=O) groups excluding carboxylic acids is 1. The van der Waals surface area contributed by atoms with E-state index >= 15 is 0 Å². The van der Waals surface area contributed by atoms with Crippen LogP contribution in [-0.4, -0.2) is 30.4 Å². The fraction of sp³-hybridized carbons (Fsp3) is 0.381. The lowest BCUT2D eigenvalue weighted by molar-refractivity contribution is 0.0954. The van der Waals surface area contributed by atoms with Gasteiger partial charge in [0.1, 0.15) is 0 Å². The Morgan fingerprint density at radius 1 is 0.875 bits per heavy atom. The number of likely N-dealkylation sites (tertiary alicyclic amines) is 1. The third kappa shape index (κ3) is 4.93. The van der Waals surface area contributed by atoms with Crippen LogP contribution in [0.4, 0.5) is 0 Å². The summed E-state index contributed by atoms with van der Waals surface area (Å²) in [5, 5.41) is 3.00. The van der Waals surface area contributed by atoms with Crippen LogP contribution in [0, 0.1) is 0 Å². The fourth-order valence-electron chi connectivity index (χ4n) is 3.20. The van der Waals surface area contributed by atoms with E-state index in [9.17, 15) is 4.79 Å². The van der Waals surface area contributed by atoms with E-state index in [1.807, 2.05) is 30.3 Å². The molecule has 1 saturated heterocycles. The fourth-order valence-corrected chi connectivity index (χ4v) is 3.20. The molecule has 2 aromatic carbocycles. The Hall–Kier alpha value is -2.13. The minimum atomic E-state index is 0.00968. The molecule has 2 aromatic rings. The molecule has 3 rings (SSSR count). The molecule has 126 valence electrons. The first-order valence-electron chi connectivity index (χ1n) is 8.95.